The second kappa shape index (κ2) is 6.02. The lowest BCUT2D eigenvalue weighted by atomic mass is 10.1. The van der Waals surface area contributed by atoms with Crippen LogP contribution in [-0.2, 0) is 26.5 Å². The zero-order valence-corrected chi connectivity index (χ0v) is 9.48. The lowest BCUT2D eigenvalue weighted by Gasteiger charge is -2.07. The number of nitrogens with zero attached hydrogens (tertiary/aromatic N) is 1. The average molecular weight is 241 g/mol. The van der Waals surface area contributed by atoms with Crippen LogP contribution in [0.5, 0.6) is 0 Å². The summed E-state index contributed by atoms with van der Waals surface area (Å²) in [5.74, 6) is -0.659. The Morgan fingerprint density at radius 2 is 2.00 bits per heavy atom. The number of hydrogen-bond acceptors (Lipinski definition) is 5. The molecule has 0 fully saturated rings. The average Bonchev–Trinajstić information content (AvgIpc) is 2.28. The Kier molecular flexibility index (Phi) is 4.65. The van der Waals surface area contributed by atoms with E-state index >= 15 is 0 Å². The van der Waals surface area contributed by atoms with Crippen LogP contribution in [0.1, 0.15) is 5.56 Å². The zero-order chi connectivity index (χ0) is 12.0. The molecule has 0 spiro atoms. The number of ether oxygens (including phenoxy) is 1. The summed E-state index contributed by atoms with van der Waals surface area (Å²) in [5, 5.41) is 0. The van der Waals surface area contributed by atoms with Crippen LogP contribution in [0.15, 0.2) is 34.7 Å². The monoisotopic (exact) mass is 241 g/mol. The highest BCUT2D eigenvalue weighted by molar-refractivity contribution is 7.61. The van der Waals surface area contributed by atoms with Gasteiger partial charge in [0.2, 0.25) is 0 Å². The molecular formula is C10H11NO4S. The van der Waals surface area contributed by atoms with Gasteiger partial charge in [0.25, 0.3) is 0 Å². The highest BCUT2D eigenvalue weighted by atomic mass is 32.2. The van der Waals surface area contributed by atoms with Crippen molar-refractivity contribution in [3.63, 3.8) is 0 Å². The highest BCUT2D eigenvalue weighted by Gasteiger charge is 2.19. The van der Waals surface area contributed by atoms with Gasteiger partial charge >= 0.3 is 16.5 Å². The van der Waals surface area contributed by atoms with Crippen molar-refractivity contribution in [2.75, 3.05) is 7.11 Å². The Labute approximate surface area is 94.8 Å². The number of carbonyl (C=O) groups is 1. The predicted octanol–water partition coefficient (Wildman–Crippen LogP) is 0.833. The zero-order valence-electron chi connectivity index (χ0n) is 8.66. The molecule has 1 atom stereocenters. The van der Waals surface area contributed by atoms with E-state index in [4.69, 9.17) is 0 Å². The van der Waals surface area contributed by atoms with E-state index in [2.05, 4.69) is 9.10 Å². The fourth-order valence-corrected chi connectivity index (χ4v) is 1.61. The molecule has 0 aliphatic heterocycles. The van der Waals surface area contributed by atoms with Crippen LogP contribution in [0.25, 0.3) is 0 Å². The van der Waals surface area contributed by atoms with E-state index < -0.39 is 22.5 Å². The molecule has 5 nitrogen and oxygen atoms in total. The molecule has 0 unspecified atom stereocenters. The van der Waals surface area contributed by atoms with Gasteiger partial charge in [-0.1, -0.05) is 30.3 Å². The normalized spacial score (nSPS) is 11.6. The van der Waals surface area contributed by atoms with Crippen LogP contribution >= 0.6 is 0 Å². The first-order valence-electron chi connectivity index (χ1n) is 4.55. The molecule has 0 aliphatic carbocycles. The first-order chi connectivity index (χ1) is 7.63. The lowest BCUT2D eigenvalue weighted by molar-refractivity contribution is -0.142. The minimum absolute atomic E-state index is 0.210. The van der Waals surface area contributed by atoms with Gasteiger partial charge in [-0.25, -0.2) is 4.79 Å². The molecule has 1 aromatic rings. The number of methoxy groups -OCH3 is 1. The first kappa shape index (κ1) is 12.4. The minimum atomic E-state index is -2.62. The third kappa shape index (κ3) is 3.82. The van der Waals surface area contributed by atoms with Gasteiger partial charge in [0, 0.05) is 6.42 Å². The first-order valence-corrected chi connectivity index (χ1v) is 5.58. The molecular weight excluding hydrogens is 230 g/mol. The maximum absolute atomic E-state index is 11.3. The topological polar surface area (TPSA) is 72.8 Å². The summed E-state index contributed by atoms with van der Waals surface area (Å²) < 4.78 is 28.7. The fraction of sp³-hybridized carbons (Fsp3) is 0.300. The summed E-state index contributed by atoms with van der Waals surface area (Å²) in [6.45, 7) is 0. The molecule has 0 aromatic heterocycles. The quantitative estimate of drug-likeness (QED) is 0.732. The summed E-state index contributed by atoms with van der Waals surface area (Å²) in [7, 11) is -1.42. The molecule has 0 amide bonds. The molecule has 6 heteroatoms. The summed E-state index contributed by atoms with van der Waals surface area (Å²) in [5.41, 5.74) is 0.826. The molecule has 86 valence electrons. The third-order valence-corrected chi connectivity index (χ3v) is 2.39. The van der Waals surface area contributed by atoms with Crippen LogP contribution in [-0.4, -0.2) is 27.5 Å². The van der Waals surface area contributed by atoms with Crippen LogP contribution in [0.2, 0.25) is 0 Å². The molecule has 1 aromatic carbocycles. The van der Waals surface area contributed by atoms with Gasteiger partial charge in [0.05, 0.1) is 7.11 Å². The molecule has 0 bridgehead atoms. The van der Waals surface area contributed by atoms with Gasteiger partial charge < -0.3 is 4.74 Å². The maximum atomic E-state index is 11.3. The largest absolute Gasteiger partial charge is 0.467 e. The van der Waals surface area contributed by atoms with Gasteiger partial charge in [0.1, 0.15) is 0 Å². The molecule has 0 saturated carbocycles. The maximum Gasteiger partial charge on any atom is 0.332 e. The van der Waals surface area contributed by atoms with E-state index in [1.54, 1.807) is 24.3 Å². The van der Waals surface area contributed by atoms with Crippen molar-refractivity contribution in [3.05, 3.63) is 35.9 Å². The van der Waals surface area contributed by atoms with Crippen molar-refractivity contribution in [3.8, 4) is 0 Å². The van der Waals surface area contributed by atoms with Crippen molar-refractivity contribution in [2.45, 2.75) is 12.5 Å². The molecule has 16 heavy (non-hydrogen) atoms. The Bertz CT molecular complexity index is 473. The van der Waals surface area contributed by atoms with E-state index in [1.807, 2.05) is 6.07 Å². The Morgan fingerprint density at radius 3 is 2.50 bits per heavy atom. The van der Waals surface area contributed by atoms with Crippen molar-refractivity contribution in [1.82, 2.24) is 0 Å². The van der Waals surface area contributed by atoms with Crippen molar-refractivity contribution in [2.24, 2.45) is 4.36 Å². The summed E-state index contributed by atoms with van der Waals surface area (Å²) in [6, 6.07) is 8.01. The highest BCUT2D eigenvalue weighted by Crippen LogP contribution is 2.07. The van der Waals surface area contributed by atoms with Gasteiger partial charge in [-0.05, 0) is 5.56 Å². The minimum Gasteiger partial charge on any atom is -0.467 e. The molecule has 1 rings (SSSR count). The number of hydrogen-bond donors (Lipinski definition) is 0. The third-order valence-electron chi connectivity index (χ3n) is 1.96. The van der Waals surface area contributed by atoms with E-state index in [1.165, 1.54) is 7.11 Å². The Morgan fingerprint density at radius 1 is 1.38 bits per heavy atom. The summed E-state index contributed by atoms with van der Waals surface area (Å²) in [4.78, 5) is 11.3. The van der Waals surface area contributed by atoms with E-state index in [-0.39, 0.29) is 6.42 Å². The van der Waals surface area contributed by atoms with Gasteiger partial charge in [-0.15, -0.1) is 0 Å². The van der Waals surface area contributed by atoms with E-state index in [9.17, 15) is 13.2 Å². The van der Waals surface area contributed by atoms with Crippen molar-refractivity contribution >= 4 is 16.5 Å². The van der Waals surface area contributed by atoms with Crippen LogP contribution < -0.4 is 0 Å². The summed E-state index contributed by atoms with van der Waals surface area (Å²) in [6.07, 6.45) is 0.210. The number of benzene rings is 1. The molecule has 0 saturated heterocycles. The Hall–Kier alpha value is -1.69. The second-order valence-electron chi connectivity index (χ2n) is 3.05. The van der Waals surface area contributed by atoms with E-state index in [0.717, 1.165) is 5.56 Å². The smallest absolute Gasteiger partial charge is 0.332 e. The molecule has 0 heterocycles. The molecule has 0 aliphatic rings. The lowest BCUT2D eigenvalue weighted by Crippen LogP contribution is -2.22. The van der Waals surface area contributed by atoms with Crippen molar-refractivity contribution in [1.29, 1.82) is 0 Å². The SMILES string of the molecule is COC(=O)[C@@H](Cc1ccccc1)N=S(=O)=O. The number of rotatable bonds is 4. The predicted molar refractivity (Wildman–Crippen MR) is 57.3 cm³/mol. The molecule has 0 N–H and O–H groups in total. The number of carbonyl (C=O) groups excluding carboxylic acids is 1. The number of esters is 1. The van der Waals surface area contributed by atoms with Crippen molar-refractivity contribution < 1.29 is 17.9 Å². The molecule has 0 radical (unpaired) electrons. The van der Waals surface area contributed by atoms with E-state index in [0.29, 0.717) is 0 Å². The van der Waals surface area contributed by atoms with Gasteiger partial charge in [-0.3, -0.25) is 0 Å². The van der Waals surface area contributed by atoms with Crippen LogP contribution in [0.3, 0.4) is 0 Å². The van der Waals surface area contributed by atoms with Crippen LogP contribution in [0, 0.1) is 0 Å². The van der Waals surface area contributed by atoms with Gasteiger partial charge in [-0.2, -0.15) is 12.8 Å². The fourth-order valence-electron chi connectivity index (χ4n) is 1.24. The summed E-state index contributed by atoms with van der Waals surface area (Å²) >= 11 is 0. The Balaban J connectivity index is 2.88. The van der Waals surface area contributed by atoms with Crippen LogP contribution in [0.4, 0.5) is 0 Å². The second-order valence-corrected chi connectivity index (χ2v) is 3.70. The van der Waals surface area contributed by atoms with Gasteiger partial charge in [0.15, 0.2) is 6.04 Å². The standard InChI is InChI=1S/C10H11NO4S/c1-15-10(12)9(11-16(13)14)7-8-5-3-2-4-6-8/h2-6,9H,7H2,1H3/t9-/m1/s1.